The van der Waals surface area contributed by atoms with Gasteiger partial charge in [-0.1, -0.05) is 23.4 Å². The third-order valence-electron chi connectivity index (χ3n) is 2.88. The van der Waals surface area contributed by atoms with E-state index in [1.807, 2.05) is 0 Å². The van der Waals surface area contributed by atoms with Crippen LogP contribution in [0, 0.1) is 5.82 Å². The highest BCUT2D eigenvalue weighted by molar-refractivity contribution is 5.88. The first-order valence-electron chi connectivity index (χ1n) is 6.11. The highest BCUT2D eigenvalue weighted by Gasteiger charge is 2.20. The van der Waals surface area contributed by atoms with Crippen LogP contribution in [0.15, 0.2) is 24.3 Å². The maximum Gasteiger partial charge on any atom is 0.360 e. The van der Waals surface area contributed by atoms with Crippen molar-refractivity contribution < 1.29 is 13.9 Å². The second-order valence-electron chi connectivity index (χ2n) is 4.16. The zero-order valence-electron chi connectivity index (χ0n) is 11.0. The molecular weight excluding hydrogens is 263 g/mol. The van der Waals surface area contributed by atoms with Crippen molar-refractivity contribution in [3.63, 3.8) is 0 Å². The van der Waals surface area contributed by atoms with Crippen LogP contribution in [0.2, 0.25) is 0 Å². The molecule has 6 nitrogen and oxygen atoms in total. The molecule has 0 saturated carbocycles. The lowest BCUT2D eigenvalue weighted by atomic mass is 10.2. The van der Waals surface area contributed by atoms with Gasteiger partial charge in [0.25, 0.3) is 0 Å². The number of nitrogens with two attached hydrogens (primary N) is 1. The Morgan fingerprint density at radius 1 is 1.45 bits per heavy atom. The average Bonchev–Trinajstić information content (AvgIpc) is 2.84. The van der Waals surface area contributed by atoms with Crippen LogP contribution in [0.3, 0.4) is 0 Å². The summed E-state index contributed by atoms with van der Waals surface area (Å²) in [6.45, 7) is 0.515. The molecule has 106 valence electrons. The summed E-state index contributed by atoms with van der Waals surface area (Å²) in [5.74, 6) is -0.908. The van der Waals surface area contributed by atoms with Crippen LogP contribution in [-0.2, 0) is 17.7 Å². The van der Waals surface area contributed by atoms with E-state index >= 15 is 0 Å². The van der Waals surface area contributed by atoms with Crippen LogP contribution in [0.5, 0.6) is 0 Å². The number of nitrogens with zero attached hydrogens (tertiary/aromatic N) is 3. The van der Waals surface area contributed by atoms with Crippen LogP contribution < -0.4 is 5.73 Å². The molecule has 0 bridgehead atoms. The van der Waals surface area contributed by atoms with Gasteiger partial charge in [-0.2, -0.15) is 0 Å². The first-order chi connectivity index (χ1) is 9.67. The zero-order chi connectivity index (χ0) is 14.5. The highest BCUT2D eigenvalue weighted by Crippen LogP contribution is 2.13. The number of ether oxygens (including phenoxy) is 1. The molecule has 0 aliphatic carbocycles. The number of methoxy groups -OCH3 is 1. The largest absolute Gasteiger partial charge is 0.464 e. The van der Waals surface area contributed by atoms with Crippen LogP contribution >= 0.6 is 0 Å². The van der Waals surface area contributed by atoms with Crippen molar-refractivity contribution in [2.75, 3.05) is 13.7 Å². The predicted octanol–water partition coefficient (Wildman–Crippen LogP) is 0.753. The maximum absolute atomic E-state index is 13.6. The van der Waals surface area contributed by atoms with Crippen LogP contribution in [0.4, 0.5) is 4.39 Å². The van der Waals surface area contributed by atoms with Gasteiger partial charge in [-0.25, -0.2) is 13.9 Å². The van der Waals surface area contributed by atoms with E-state index < -0.39 is 5.97 Å². The average molecular weight is 278 g/mol. The van der Waals surface area contributed by atoms with Crippen molar-refractivity contribution in [3.05, 3.63) is 47.0 Å². The first kappa shape index (κ1) is 14.1. The van der Waals surface area contributed by atoms with Gasteiger partial charge >= 0.3 is 5.97 Å². The lowest BCUT2D eigenvalue weighted by molar-refractivity contribution is 0.0592. The number of rotatable bonds is 5. The minimum absolute atomic E-state index is 0.120. The number of esters is 1. The fraction of sp³-hybridized carbons (Fsp3) is 0.308. The fourth-order valence-corrected chi connectivity index (χ4v) is 1.89. The molecule has 20 heavy (non-hydrogen) atoms. The Hall–Kier alpha value is -2.28. The molecule has 2 aromatic rings. The highest BCUT2D eigenvalue weighted by atomic mass is 19.1. The van der Waals surface area contributed by atoms with E-state index in [1.165, 1.54) is 17.9 Å². The van der Waals surface area contributed by atoms with Crippen molar-refractivity contribution in [3.8, 4) is 0 Å². The minimum atomic E-state index is -0.576. The Balaban J connectivity index is 2.34. The Morgan fingerprint density at radius 3 is 2.85 bits per heavy atom. The summed E-state index contributed by atoms with van der Waals surface area (Å²) in [6, 6.07) is 6.37. The van der Waals surface area contributed by atoms with Crippen LogP contribution in [0.25, 0.3) is 0 Å². The van der Waals surface area contributed by atoms with Crippen molar-refractivity contribution >= 4 is 5.97 Å². The topological polar surface area (TPSA) is 83.0 Å². The molecule has 0 spiro atoms. The second kappa shape index (κ2) is 6.25. The Morgan fingerprint density at radius 2 is 2.20 bits per heavy atom. The first-order valence-corrected chi connectivity index (χ1v) is 6.11. The second-order valence-corrected chi connectivity index (χ2v) is 4.16. The number of halogens is 1. The summed E-state index contributed by atoms with van der Waals surface area (Å²) in [5, 5.41) is 7.68. The summed E-state index contributed by atoms with van der Waals surface area (Å²) in [4.78, 5) is 11.6. The molecule has 0 radical (unpaired) electrons. The third kappa shape index (κ3) is 2.83. The molecule has 2 N–H and O–H groups in total. The van der Waals surface area contributed by atoms with E-state index in [9.17, 15) is 9.18 Å². The molecule has 1 aromatic carbocycles. The molecule has 0 aliphatic heterocycles. The molecule has 2 rings (SSSR count). The predicted molar refractivity (Wildman–Crippen MR) is 69.6 cm³/mol. The van der Waals surface area contributed by atoms with Crippen molar-refractivity contribution in [1.82, 2.24) is 15.0 Å². The van der Waals surface area contributed by atoms with Gasteiger partial charge in [0, 0.05) is 12.0 Å². The van der Waals surface area contributed by atoms with Gasteiger partial charge in [0.2, 0.25) is 0 Å². The lowest BCUT2D eigenvalue weighted by Gasteiger charge is -2.07. The molecule has 1 aromatic heterocycles. The molecule has 0 unspecified atom stereocenters. The summed E-state index contributed by atoms with van der Waals surface area (Å²) in [6.07, 6.45) is 0.409. The summed E-state index contributed by atoms with van der Waals surface area (Å²) < 4.78 is 19.8. The third-order valence-corrected chi connectivity index (χ3v) is 2.88. The van der Waals surface area contributed by atoms with Gasteiger partial charge in [0.05, 0.1) is 19.3 Å². The van der Waals surface area contributed by atoms with Gasteiger partial charge in [-0.3, -0.25) is 0 Å². The van der Waals surface area contributed by atoms with E-state index in [2.05, 4.69) is 15.0 Å². The maximum atomic E-state index is 13.6. The zero-order valence-corrected chi connectivity index (χ0v) is 11.0. The Kier molecular flexibility index (Phi) is 4.41. The lowest BCUT2D eigenvalue weighted by Crippen LogP contribution is -2.15. The SMILES string of the molecule is COC(=O)c1nnn(Cc2ccccc2F)c1CCN. The molecular formula is C13H15FN4O2. The molecule has 0 amide bonds. The van der Waals surface area contributed by atoms with E-state index in [4.69, 9.17) is 5.73 Å². The van der Waals surface area contributed by atoms with Gasteiger partial charge in [-0.15, -0.1) is 5.10 Å². The molecule has 7 heteroatoms. The molecule has 0 aliphatic rings. The summed E-state index contributed by atoms with van der Waals surface area (Å²) in [7, 11) is 1.27. The number of carbonyl (C=O) groups excluding carboxylic acids is 1. The van der Waals surface area contributed by atoms with Crippen LogP contribution in [0.1, 0.15) is 21.7 Å². The normalized spacial score (nSPS) is 10.6. The molecule has 1 heterocycles. The monoisotopic (exact) mass is 278 g/mol. The Bertz CT molecular complexity index is 612. The standard InChI is InChI=1S/C13H15FN4O2/c1-20-13(19)12-11(6-7-15)18(17-16-12)8-9-4-2-3-5-10(9)14/h2-5H,6-8,15H2,1H3. The van der Waals surface area contributed by atoms with Gasteiger partial charge in [0.15, 0.2) is 5.69 Å². The van der Waals surface area contributed by atoms with E-state index in [0.717, 1.165) is 0 Å². The van der Waals surface area contributed by atoms with Crippen molar-refractivity contribution in [1.29, 1.82) is 0 Å². The van der Waals surface area contributed by atoms with E-state index in [-0.39, 0.29) is 18.1 Å². The molecule has 0 atom stereocenters. The quantitative estimate of drug-likeness (QED) is 0.816. The number of carbonyl (C=O) groups is 1. The van der Waals surface area contributed by atoms with Crippen molar-refractivity contribution in [2.24, 2.45) is 5.73 Å². The van der Waals surface area contributed by atoms with E-state index in [1.54, 1.807) is 18.2 Å². The van der Waals surface area contributed by atoms with Gasteiger partial charge < -0.3 is 10.5 Å². The van der Waals surface area contributed by atoms with Crippen LogP contribution in [-0.4, -0.2) is 34.6 Å². The smallest absolute Gasteiger partial charge is 0.360 e. The number of benzene rings is 1. The number of hydrogen-bond acceptors (Lipinski definition) is 5. The summed E-state index contributed by atoms with van der Waals surface area (Å²) in [5.41, 5.74) is 6.66. The fourth-order valence-electron chi connectivity index (χ4n) is 1.89. The van der Waals surface area contributed by atoms with Gasteiger partial charge in [-0.05, 0) is 12.6 Å². The minimum Gasteiger partial charge on any atom is -0.464 e. The Labute approximate surface area is 115 Å². The molecule has 0 saturated heterocycles. The molecule has 0 fully saturated rings. The van der Waals surface area contributed by atoms with E-state index in [0.29, 0.717) is 24.2 Å². The van der Waals surface area contributed by atoms with Crippen molar-refractivity contribution in [2.45, 2.75) is 13.0 Å². The summed E-state index contributed by atoms with van der Waals surface area (Å²) >= 11 is 0. The number of hydrogen-bond donors (Lipinski definition) is 1. The van der Waals surface area contributed by atoms with Gasteiger partial charge in [0.1, 0.15) is 5.82 Å². The number of aromatic nitrogens is 3.